The van der Waals surface area contributed by atoms with Gasteiger partial charge in [-0.1, -0.05) is 6.07 Å². The number of nitrogens with one attached hydrogen (secondary N) is 1. The minimum Gasteiger partial charge on any atom is -0.311 e. The molecule has 2 saturated heterocycles. The fourth-order valence-corrected chi connectivity index (χ4v) is 2.99. The summed E-state index contributed by atoms with van der Waals surface area (Å²) in [7, 11) is 0. The molecule has 92 valence electrons. The van der Waals surface area contributed by atoms with Gasteiger partial charge in [-0.05, 0) is 37.8 Å². The minimum absolute atomic E-state index is 0. The summed E-state index contributed by atoms with van der Waals surface area (Å²) in [5.41, 5.74) is 0.633. The Kier molecular flexibility index (Phi) is 3.79. The molecule has 2 fully saturated rings. The quantitative estimate of drug-likeness (QED) is 0.821. The number of carbonyl (C=O) groups excluding carboxylic acids is 1. The highest BCUT2D eigenvalue weighted by Gasteiger charge is 2.37. The first kappa shape index (κ1) is 12.5. The molecule has 0 radical (unpaired) electrons. The predicted molar refractivity (Wildman–Crippen MR) is 68.5 cm³/mol. The number of piperidine rings is 1. The van der Waals surface area contributed by atoms with E-state index in [1.54, 1.807) is 6.20 Å². The van der Waals surface area contributed by atoms with Crippen LogP contribution in [0.4, 0.5) is 0 Å². The minimum atomic E-state index is 0. The Labute approximate surface area is 107 Å². The van der Waals surface area contributed by atoms with Crippen LogP contribution in [0.3, 0.4) is 0 Å². The van der Waals surface area contributed by atoms with Crippen LogP contribution >= 0.6 is 12.4 Å². The third kappa shape index (κ3) is 2.50. The standard InChI is InChI=1S/C13H16N2O.ClH/c16-13(12-3-1-2-6-14-12)9-7-10-4-5-11(8-9)15-10;/h1-3,6,9-11,15H,4-5,7-8H2;1H. The molecule has 2 aliphatic rings. The van der Waals surface area contributed by atoms with E-state index in [0.717, 1.165) is 12.8 Å². The molecule has 2 atom stereocenters. The largest absolute Gasteiger partial charge is 0.311 e. The number of ketones is 1. The summed E-state index contributed by atoms with van der Waals surface area (Å²) in [4.78, 5) is 16.4. The zero-order chi connectivity index (χ0) is 11.0. The SMILES string of the molecule is Cl.O=C(c1ccccn1)C1CC2CCC(C1)N2. The average molecular weight is 253 g/mol. The maximum Gasteiger partial charge on any atom is 0.184 e. The molecule has 1 aromatic rings. The van der Waals surface area contributed by atoms with Gasteiger partial charge < -0.3 is 5.32 Å². The molecule has 17 heavy (non-hydrogen) atoms. The summed E-state index contributed by atoms with van der Waals surface area (Å²) >= 11 is 0. The normalized spacial score (nSPS) is 30.7. The molecular weight excluding hydrogens is 236 g/mol. The number of rotatable bonds is 2. The number of Topliss-reactive ketones (excluding diaryl/α,β-unsaturated/α-hetero) is 1. The topological polar surface area (TPSA) is 42.0 Å². The van der Waals surface area contributed by atoms with E-state index in [-0.39, 0.29) is 24.1 Å². The Morgan fingerprint density at radius 1 is 1.24 bits per heavy atom. The lowest BCUT2D eigenvalue weighted by atomic mass is 9.87. The molecule has 2 aliphatic heterocycles. The maximum absolute atomic E-state index is 12.2. The van der Waals surface area contributed by atoms with Crippen LogP contribution < -0.4 is 5.32 Å². The van der Waals surface area contributed by atoms with Crippen LogP contribution in [0.15, 0.2) is 24.4 Å². The third-order valence-electron chi connectivity index (χ3n) is 3.76. The Bertz CT molecular complexity index is 384. The van der Waals surface area contributed by atoms with Gasteiger partial charge >= 0.3 is 0 Å². The first-order valence-electron chi connectivity index (χ1n) is 6.04. The molecule has 4 heteroatoms. The van der Waals surface area contributed by atoms with Crippen LogP contribution in [0.2, 0.25) is 0 Å². The molecule has 1 N–H and O–H groups in total. The van der Waals surface area contributed by atoms with Crippen LogP contribution in [0.5, 0.6) is 0 Å². The Morgan fingerprint density at radius 3 is 2.53 bits per heavy atom. The first-order valence-corrected chi connectivity index (χ1v) is 6.04. The predicted octanol–water partition coefficient (Wildman–Crippen LogP) is 2.22. The van der Waals surface area contributed by atoms with Crippen LogP contribution in [0, 0.1) is 5.92 Å². The second-order valence-electron chi connectivity index (χ2n) is 4.89. The van der Waals surface area contributed by atoms with Gasteiger partial charge in [0.25, 0.3) is 0 Å². The average Bonchev–Trinajstić information content (AvgIpc) is 2.68. The molecule has 0 spiro atoms. The summed E-state index contributed by atoms with van der Waals surface area (Å²) in [5.74, 6) is 0.424. The number of halogens is 1. The summed E-state index contributed by atoms with van der Waals surface area (Å²) < 4.78 is 0. The lowest BCUT2D eigenvalue weighted by molar-refractivity contribution is 0.0870. The van der Waals surface area contributed by atoms with Gasteiger partial charge in [-0.3, -0.25) is 9.78 Å². The van der Waals surface area contributed by atoms with Gasteiger partial charge in [0.2, 0.25) is 0 Å². The molecule has 1 aromatic heterocycles. The van der Waals surface area contributed by atoms with Crippen LogP contribution in [-0.2, 0) is 0 Å². The molecule has 0 aromatic carbocycles. The highest BCUT2D eigenvalue weighted by molar-refractivity contribution is 5.96. The fraction of sp³-hybridized carbons (Fsp3) is 0.538. The lowest BCUT2D eigenvalue weighted by Gasteiger charge is -2.27. The molecule has 0 amide bonds. The van der Waals surface area contributed by atoms with Gasteiger partial charge in [-0.2, -0.15) is 0 Å². The van der Waals surface area contributed by atoms with E-state index >= 15 is 0 Å². The summed E-state index contributed by atoms with van der Waals surface area (Å²) in [6.07, 6.45) is 6.15. The van der Waals surface area contributed by atoms with Crippen molar-refractivity contribution in [2.24, 2.45) is 5.92 Å². The summed E-state index contributed by atoms with van der Waals surface area (Å²) in [6.45, 7) is 0. The Hall–Kier alpha value is -0.930. The van der Waals surface area contributed by atoms with E-state index in [4.69, 9.17) is 0 Å². The van der Waals surface area contributed by atoms with Gasteiger partial charge in [0, 0.05) is 24.2 Å². The van der Waals surface area contributed by atoms with Gasteiger partial charge in [-0.15, -0.1) is 12.4 Å². The number of nitrogens with zero attached hydrogens (tertiary/aromatic N) is 1. The van der Waals surface area contributed by atoms with Crippen LogP contribution in [0.1, 0.15) is 36.2 Å². The van der Waals surface area contributed by atoms with Crippen LogP contribution in [0.25, 0.3) is 0 Å². The smallest absolute Gasteiger partial charge is 0.184 e. The number of aromatic nitrogens is 1. The van der Waals surface area contributed by atoms with Gasteiger partial charge in [0.15, 0.2) is 5.78 Å². The second kappa shape index (κ2) is 5.15. The van der Waals surface area contributed by atoms with Crippen molar-refractivity contribution in [1.29, 1.82) is 0 Å². The van der Waals surface area contributed by atoms with E-state index in [9.17, 15) is 4.79 Å². The zero-order valence-electron chi connectivity index (χ0n) is 9.63. The van der Waals surface area contributed by atoms with Crippen molar-refractivity contribution in [2.45, 2.75) is 37.8 Å². The molecule has 3 heterocycles. The van der Waals surface area contributed by atoms with E-state index in [2.05, 4.69) is 10.3 Å². The highest BCUT2D eigenvalue weighted by Crippen LogP contribution is 2.32. The number of hydrogen-bond acceptors (Lipinski definition) is 3. The van der Waals surface area contributed by atoms with Crippen molar-refractivity contribution in [3.63, 3.8) is 0 Å². The molecule has 2 unspecified atom stereocenters. The molecule has 0 saturated carbocycles. The molecule has 2 bridgehead atoms. The number of hydrogen-bond donors (Lipinski definition) is 1. The molecular formula is C13H17ClN2O. The maximum atomic E-state index is 12.2. The van der Waals surface area contributed by atoms with Crippen LogP contribution in [-0.4, -0.2) is 22.9 Å². The van der Waals surface area contributed by atoms with Crippen molar-refractivity contribution in [2.75, 3.05) is 0 Å². The van der Waals surface area contributed by atoms with Crippen molar-refractivity contribution in [3.8, 4) is 0 Å². The number of fused-ring (bicyclic) bond motifs is 2. The Balaban J connectivity index is 0.00000108. The third-order valence-corrected chi connectivity index (χ3v) is 3.76. The van der Waals surface area contributed by atoms with E-state index in [1.165, 1.54) is 12.8 Å². The van der Waals surface area contributed by atoms with Crippen molar-refractivity contribution >= 4 is 18.2 Å². The molecule has 0 aliphatic carbocycles. The zero-order valence-corrected chi connectivity index (χ0v) is 10.5. The van der Waals surface area contributed by atoms with E-state index in [1.807, 2.05) is 18.2 Å². The molecule has 3 nitrogen and oxygen atoms in total. The highest BCUT2D eigenvalue weighted by atomic mass is 35.5. The summed E-state index contributed by atoms with van der Waals surface area (Å²) in [5, 5.41) is 3.55. The van der Waals surface area contributed by atoms with Crippen molar-refractivity contribution < 1.29 is 4.79 Å². The van der Waals surface area contributed by atoms with E-state index in [0.29, 0.717) is 17.8 Å². The lowest BCUT2D eigenvalue weighted by Crippen LogP contribution is -2.40. The molecule has 3 rings (SSSR count). The van der Waals surface area contributed by atoms with Gasteiger partial charge in [-0.25, -0.2) is 0 Å². The van der Waals surface area contributed by atoms with Gasteiger partial charge in [0.1, 0.15) is 5.69 Å². The number of pyridine rings is 1. The Morgan fingerprint density at radius 2 is 1.94 bits per heavy atom. The van der Waals surface area contributed by atoms with Crippen molar-refractivity contribution in [1.82, 2.24) is 10.3 Å². The fourth-order valence-electron chi connectivity index (χ4n) is 2.99. The van der Waals surface area contributed by atoms with Crippen molar-refractivity contribution in [3.05, 3.63) is 30.1 Å². The second-order valence-corrected chi connectivity index (χ2v) is 4.89. The first-order chi connectivity index (χ1) is 7.83. The van der Waals surface area contributed by atoms with E-state index < -0.39 is 0 Å². The number of carbonyl (C=O) groups is 1. The van der Waals surface area contributed by atoms with Gasteiger partial charge in [0.05, 0.1) is 0 Å². The summed E-state index contributed by atoms with van der Waals surface area (Å²) in [6, 6.07) is 6.69. The monoisotopic (exact) mass is 252 g/mol.